The summed E-state index contributed by atoms with van der Waals surface area (Å²) in [6.45, 7) is 6.51. The van der Waals surface area contributed by atoms with E-state index in [1.165, 1.54) is 5.69 Å². The van der Waals surface area contributed by atoms with Crippen molar-refractivity contribution in [2.75, 3.05) is 24.5 Å². The molecule has 1 rings (SSSR count). The van der Waals surface area contributed by atoms with Crippen molar-refractivity contribution in [3.8, 4) is 0 Å². The maximum Gasteiger partial charge on any atom is 0.320 e. The van der Waals surface area contributed by atoms with Crippen LogP contribution in [0.2, 0.25) is 0 Å². The molecule has 0 fully saturated rings. The SMILES string of the molecule is CCCCN(CCC(NCC)C(=O)O)c1ccccc1. The van der Waals surface area contributed by atoms with Crippen molar-refractivity contribution < 1.29 is 9.90 Å². The van der Waals surface area contributed by atoms with Gasteiger partial charge in [0.25, 0.3) is 0 Å². The van der Waals surface area contributed by atoms with Gasteiger partial charge in [-0.3, -0.25) is 4.79 Å². The summed E-state index contributed by atoms with van der Waals surface area (Å²) >= 11 is 0. The van der Waals surface area contributed by atoms with Crippen molar-refractivity contribution >= 4 is 11.7 Å². The molecule has 0 aromatic heterocycles. The second-order valence-corrected chi connectivity index (χ2v) is 4.91. The quantitative estimate of drug-likeness (QED) is 0.691. The van der Waals surface area contributed by atoms with E-state index < -0.39 is 12.0 Å². The van der Waals surface area contributed by atoms with Crippen LogP contribution < -0.4 is 10.2 Å². The number of likely N-dealkylation sites (N-methyl/N-ethyl adjacent to an activating group) is 1. The summed E-state index contributed by atoms with van der Waals surface area (Å²) in [6.07, 6.45) is 2.87. The van der Waals surface area contributed by atoms with Gasteiger partial charge in [-0.2, -0.15) is 0 Å². The number of unbranched alkanes of at least 4 members (excludes halogenated alkanes) is 1. The van der Waals surface area contributed by atoms with Crippen LogP contribution >= 0.6 is 0 Å². The highest BCUT2D eigenvalue weighted by atomic mass is 16.4. The molecule has 0 aliphatic heterocycles. The second kappa shape index (κ2) is 9.37. The molecule has 1 atom stereocenters. The normalized spacial score (nSPS) is 12.1. The molecular formula is C16H26N2O2. The third-order valence-electron chi connectivity index (χ3n) is 3.34. The van der Waals surface area contributed by atoms with Gasteiger partial charge in [0.15, 0.2) is 0 Å². The number of carboxylic acids is 1. The summed E-state index contributed by atoms with van der Waals surface area (Å²) in [6, 6.07) is 9.74. The number of benzene rings is 1. The molecule has 4 nitrogen and oxygen atoms in total. The van der Waals surface area contributed by atoms with Gasteiger partial charge in [-0.15, -0.1) is 0 Å². The summed E-state index contributed by atoms with van der Waals surface area (Å²) in [5.41, 5.74) is 1.17. The highest BCUT2D eigenvalue weighted by molar-refractivity contribution is 5.73. The van der Waals surface area contributed by atoms with E-state index in [0.29, 0.717) is 13.0 Å². The van der Waals surface area contributed by atoms with Gasteiger partial charge in [0, 0.05) is 18.8 Å². The van der Waals surface area contributed by atoms with Crippen molar-refractivity contribution in [3.05, 3.63) is 30.3 Å². The lowest BCUT2D eigenvalue weighted by molar-refractivity contribution is -0.139. The van der Waals surface area contributed by atoms with Gasteiger partial charge in [-0.1, -0.05) is 38.5 Å². The fourth-order valence-electron chi connectivity index (χ4n) is 2.20. The van der Waals surface area contributed by atoms with E-state index >= 15 is 0 Å². The van der Waals surface area contributed by atoms with Crippen LogP contribution in [0.25, 0.3) is 0 Å². The van der Waals surface area contributed by atoms with Gasteiger partial charge in [-0.25, -0.2) is 0 Å². The number of carbonyl (C=O) groups is 1. The van der Waals surface area contributed by atoms with Gasteiger partial charge >= 0.3 is 5.97 Å². The molecule has 0 aliphatic rings. The molecule has 0 heterocycles. The Morgan fingerprint density at radius 2 is 1.95 bits per heavy atom. The Labute approximate surface area is 121 Å². The van der Waals surface area contributed by atoms with E-state index in [-0.39, 0.29) is 0 Å². The highest BCUT2D eigenvalue weighted by Gasteiger charge is 2.17. The predicted octanol–water partition coefficient (Wildman–Crippen LogP) is 2.75. The van der Waals surface area contributed by atoms with Crippen molar-refractivity contribution in [1.29, 1.82) is 0 Å². The first-order chi connectivity index (χ1) is 9.69. The van der Waals surface area contributed by atoms with Gasteiger partial charge in [0.2, 0.25) is 0 Å². The van der Waals surface area contributed by atoms with E-state index in [2.05, 4.69) is 29.3 Å². The number of aliphatic carboxylic acids is 1. The fourth-order valence-corrected chi connectivity index (χ4v) is 2.20. The topological polar surface area (TPSA) is 52.6 Å². The van der Waals surface area contributed by atoms with E-state index in [4.69, 9.17) is 0 Å². The van der Waals surface area contributed by atoms with Crippen LogP contribution in [0, 0.1) is 0 Å². The van der Waals surface area contributed by atoms with Gasteiger partial charge in [-0.05, 0) is 31.5 Å². The number of rotatable bonds is 10. The maximum atomic E-state index is 11.2. The van der Waals surface area contributed by atoms with Crippen molar-refractivity contribution in [3.63, 3.8) is 0 Å². The average molecular weight is 278 g/mol. The number of para-hydroxylation sites is 1. The monoisotopic (exact) mass is 278 g/mol. The molecule has 112 valence electrons. The van der Waals surface area contributed by atoms with E-state index in [1.54, 1.807) is 0 Å². The summed E-state index contributed by atoms with van der Waals surface area (Å²) in [5, 5.41) is 12.2. The molecule has 0 aliphatic carbocycles. The number of nitrogens with one attached hydrogen (secondary N) is 1. The molecule has 0 spiro atoms. The molecule has 4 heteroatoms. The second-order valence-electron chi connectivity index (χ2n) is 4.91. The van der Waals surface area contributed by atoms with Crippen LogP contribution in [0.5, 0.6) is 0 Å². The molecular weight excluding hydrogens is 252 g/mol. The Morgan fingerprint density at radius 3 is 2.50 bits per heavy atom. The minimum atomic E-state index is -0.768. The first-order valence-electron chi connectivity index (χ1n) is 7.45. The first-order valence-corrected chi connectivity index (χ1v) is 7.45. The van der Waals surface area contributed by atoms with Gasteiger partial charge in [0.05, 0.1) is 0 Å². The Kier molecular flexibility index (Phi) is 7.73. The maximum absolute atomic E-state index is 11.2. The van der Waals surface area contributed by atoms with E-state index in [9.17, 15) is 9.90 Å². The smallest absolute Gasteiger partial charge is 0.320 e. The largest absolute Gasteiger partial charge is 0.480 e. The van der Waals surface area contributed by atoms with Crippen molar-refractivity contribution in [1.82, 2.24) is 5.32 Å². The molecule has 0 saturated heterocycles. The lowest BCUT2D eigenvalue weighted by Crippen LogP contribution is -2.40. The zero-order valence-corrected chi connectivity index (χ0v) is 12.5. The molecule has 2 N–H and O–H groups in total. The minimum absolute atomic E-state index is 0.465. The molecule has 0 amide bonds. The number of hydrogen-bond donors (Lipinski definition) is 2. The standard InChI is InChI=1S/C16H26N2O2/c1-3-5-12-18(14-9-7-6-8-10-14)13-11-15(16(19)20)17-4-2/h6-10,15,17H,3-5,11-13H2,1-2H3,(H,19,20). The number of carboxylic acid groups (broad SMARTS) is 1. The first kappa shape index (κ1) is 16.5. The van der Waals surface area contributed by atoms with Crippen LogP contribution in [0.4, 0.5) is 5.69 Å². The lowest BCUT2D eigenvalue weighted by atomic mass is 10.1. The summed E-state index contributed by atoms with van der Waals surface area (Å²) in [4.78, 5) is 13.4. The molecule has 0 bridgehead atoms. The molecule has 1 aromatic rings. The Balaban J connectivity index is 2.62. The van der Waals surface area contributed by atoms with Gasteiger partial charge in [0.1, 0.15) is 6.04 Å². The molecule has 1 unspecified atom stereocenters. The van der Waals surface area contributed by atoms with Crippen LogP contribution in [-0.2, 0) is 4.79 Å². The van der Waals surface area contributed by atoms with Gasteiger partial charge < -0.3 is 15.3 Å². The van der Waals surface area contributed by atoms with E-state index in [1.807, 2.05) is 25.1 Å². The zero-order valence-electron chi connectivity index (χ0n) is 12.5. The van der Waals surface area contributed by atoms with Crippen molar-refractivity contribution in [2.45, 2.75) is 39.2 Å². The predicted molar refractivity (Wildman–Crippen MR) is 83.3 cm³/mol. The highest BCUT2D eigenvalue weighted by Crippen LogP contribution is 2.15. The fraction of sp³-hybridized carbons (Fsp3) is 0.562. The Morgan fingerprint density at radius 1 is 1.25 bits per heavy atom. The van der Waals surface area contributed by atoms with E-state index in [0.717, 1.165) is 25.9 Å². The molecule has 0 radical (unpaired) electrons. The Bertz CT molecular complexity index is 381. The minimum Gasteiger partial charge on any atom is -0.480 e. The van der Waals surface area contributed by atoms with Crippen LogP contribution in [0.3, 0.4) is 0 Å². The van der Waals surface area contributed by atoms with Crippen LogP contribution in [0.1, 0.15) is 33.1 Å². The molecule has 20 heavy (non-hydrogen) atoms. The lowest BCUT2D eigenvalue weighted by Gasteiger charge is -2.26. The third kappa shape index (κ3) is 5.61. The summed E-state index contributed by atoms with van der Waals surface area (Å²) in [5.74, 6) is -0.768. The van der Waals surface area contributed by atoms with Crippen molar-refractivity contribution in [2.24, 2.45) is 0 Å². The van der Waals surface area contributed by atoms with Crippen LogP contribution in [0.15, 0.2) is 30.3 Å². The number of hydrogen-bond acceptors (Lipinski definition) is 3. The zero-order chi connectivity index (χ0) is 14.8. The molecule has 0 saturated carbocycles. The third-order valence-corrected chi connectivity index (χ3v) is 3.34. The summed E-state index contributed by atoms with van der Waals surface area (Å²) < 4.78 is 0. The van der Waals surface area contributed by atoms with Crippen LogP contribution in [-0.4, -0.2) is 36.8 Å². The number of nitrogens with zero attached hydrogens (tertiary/aromatic N) is 1. The average Bonchev–Trinajstić information content (AvgIpc) is 2.46. The summed E-state index contributed by atoms with van der Waals surface area (Å²) in [7, 11) is 0. The molecule has 1 aromatic carbocycles. The Hall–Kier alpha value is -1.55. The number of anilines is 1.